The summed E-state index contributed by atoms with van der Waals surface area (Å²) in [7, 11) is 0. The third-order valence-electron chi connectivity index (χ3n) is 3.18. The molecule has 0 aliphatic heterocycles. The molecule has 0 spiro atoms. The summed E-state index contributed by atoms with van der Waals surface area (Å²) in [6.45, 7) is 2.07. The van der Waals surface area contributed by atoms with Crippen molar-refractivity contribution in [2.45, 2.75) is 25.8 Å². The van der Waals surface area contributed by atoms with Crippen LogP contribution in [0.4, 0.5) is 5.69 Å². The standard InChI is InChI=1S/C12H13ClN2O3/c1-2-7-6-9(7)14-12(16)8-4-3-5-10(11(8)13)15(17)18/h3-5,7,9H,2,6H2,1H3,(H,14,16). The summed E-state index contributed by atoms with van der Waals surface area (Å²) in [6, 6.07) is 4.42. The summed E-state index contributed by atoms with van der Waals surface area (Å²) in [5, 5.41) is 13.4. The molecule has 1 aromatic rings. The lowest BCUT2D eigenvalue weighted by molar-refractivity contribution is -0.384. The maximum atomic E-state index is 11.9. The molecule has 1 aliphatic carbocycles. The molecule has 5 nitrogen and oxygen atoms in total. The Kier molecular flexibility index (Phi) is 3.52. The summed E-state index contributed by atoms with van der Waals surface area (Å²) in [4.78, 5) is 22.1. The van der Waals surface area contributed by atoms with Crippen LogP contribution in [0.25, 0.3) is 0 Å². The molecule has 2 atom stereocenters. The Balaban J connectivity index is 2.15. The van der Waals surface area contributed by atoms with Crippen molar-refractivity contribution in [3.05, 3.63) is 38.9 Å². The Labute approximate surface area is 109 Å². The number of nitro groups is 1. The van der Waals surface area contributed by atoms with Crippen LogP contribution in [-0.2, 0) is 0 Å². The summed E-state index contributed by atoms with van der Waals surface area (Å²) in [5.74, 6) is 0.177. The molecule has 6 heteroatoms. The summed E-state index contributed by atoms with van der Waals surface area (Å²) in [6.07, 6.45) is 1.99. The fourth-order valence-electron chi connectivity index (χ4n) is 1.96. The number of rotatable bonds is 4. The zero-order chi connectivity index (χ0) is 13.3. The van der Waals surface area contributed by atoms with Crippen LogP contribution in [-0.4, -0.2) is 16.9 Å². The molecule has 96 valence electrons. The Morgan fingerprint density at radius 2 is 2.33 bits per heavy atom. The van der Waals surface area contributed by atoms with E-state index in [2.05, 4.69) is 12.2 Å². The zero-order valence-electron chi connectivity index (χ0n) is 9.85. The van der Waals surface area contributed by atoms with E-state index in [1.807, 2.05) is 0 Å². The quantitative estimate of drug-likeness (QED) is 0.674. The van der Waals surface area contributed by atoms with Crippen molar-refractivity contribution in [1.82, 2.24) is 5.32 Å². The SMILES string of the molecule is CCC1CC1NC(=O)c1cccc([N+](=O)[O-])c1Cl. The smallest absolute Gasteiger partial charge is 0.288 e. The number of nitrogens with zero attached hydrogens (tertiary/aromatic N) is 1. The second kappa shape index (κ2) is 4.94. The van der Waals surface area contributed by atoms with E-state index in [0.29, 0.717) is 5.92 Å². The largest absolute Gasteiger partial charge is 0.349 e. The van der Waals surface area contributed by atoms with Gasteiger partial charge in [-0.2, -0.15) is 0 Å². The molecule has 1 amide bonds. The average molecular weight is 269 g/mol. The second-order valence-corrected chi connectivity index (χ2v) is 4.76. The van der Waals surface area contributed by atoms with Gasteiger partial charge in [0.05, 0.1) is 10.5 Å². The number of benzene rings is 1. The van der Waals surface area contributed by atoms with Gasteiger partial charge >= 0.3 is 0 Å². The normalized spacial score (nSPS) is 21.4. The molecule has 1 aromatic carbocycles. The lowest BCUT2D eigenvalue weighted by atomic mass is 10.2. The number of carbonyl (C=O) groups excluding carboxylic acids is 1. The van der Waals surface area contributed by atoms with Crippen molar-refractivity contribution < 1.29 is 9.72 Å². The predicted molar refractivity (Wildman–Crippen MR) is 67.8 cm³/mol. The number of nitrogens with one attached hydrogen (secondary N) is 1. The van der Waals surface area contributed by atoms with Crippen LogP contribution in [0.15, 0.2) is 18.2 Å². The van der Waals surface area contributed by atoms with Crippen molar-refractivity contribution in [3.8, 4) is 0 Å². The van der Waals surface area contributed by atoms with Crippen LogP contribution in [0.3, 0.4) is 0 Å². The first-order valence-corrected chi connectivity index (χ1v) is 6.16. The fraction of sp³-hybridized carbons (Fsp3) is 0.417. The van der Waals surface area contributed by atoms with E-state index in [0.717, 1.165) is 12.8 Å². The van der Waals surface area contributed by atoms with E-state index < -0.39 is 4.92 Å². The molecule has 1 fully saturated rings. The van der Waals surface area contributed by atoms with Crippen molar-refractivity contribution in [2.24, 2.45) is 5.92 Å². The number of carbonyl (C=O) groups is 1. The van der Waals surface area contributed by atoms with Gasteiger partial charge in [0.1, 0.15) is 5.02 Å². The highest BCUT2D eigenvalue weighted by molar-refractivity contribution is 6.35. The average Bonchev–Trinajstić information content (AvgIpc) is 3.07. The van der Waals surface area contributed by atoms with Crippen molar-refractivity contribution in [1.29, 1.82) is 0 Å². The van der Waals surface area contributed by atoms with Gasteiger partial charge in [-0.05, 0) is 18.4 Å². The molecule has 18 heavy (non-hydrogen) atoms. The lowest BCUT2D eigenvalue weighted by Crippen LogP contribution is -2.27. The minimum Gasteiger partial charge on any atom is -0.349 e. The molecule has 0 saturated heterocycles. The van der Waals surface area contributed by atoms with Gasteiger partial charge < -0.3 is 5.32 Å². The predicted octanol–water partition coefficient (Wildman–Crippen LogP) is 2.78. The van der Waals surface area contributed by atoms with E-state index in [-0.39, 0.29) is 28.2 Å². The van der Waals surface area contributed by atoms with Crippen LogP contribution < -0.4 is 5.32 Å². The van der Waals surface area contributed by atoms with Crippen molar-refractivity contribution in [2.75, 3.05) is 0 Å². The van der Waals surface area contributed by atoms with Crippen LogP contribution >= 0.6 is 11.6 Å². The molecule has 0 aromatic heterocycles. The highest BCUT2D eigenvalue weighted by atomic mass is 35.5. The van der Waals surface area contributed by atoms with Gasteiger partial charge in [-0.3, -0.25) is 14.9 Å². The van der Waals surface area contributed by atoms with Gasteiger partial charge in [-0.25, -0.2) is 0 Å². The zero-order valence-corrected chi connectivity index (χ0v) is 10.6. The van der Waals surface area contributed by atoms with Crippen LogP contribution in [0.2, 0.25) is 5.02 Å². The Hall–Kier alpha value is -1.62. The van der Waals surface area contributed by atoms with Gasteiger partial charge in [-0.15, -0.1) is 0 Å². The third kappa shape index (κ3) is 2.46. The Morgan fingerprint density at radius 3 is 2.89 bits per heavy atom. The summed E-state index contributed by atoms with van der Waals surface area (Å²) >= 11 is 5.87. The maximum absolute atomic E-state index is 11.9. The van der Waals surface area contributed by atoms with Gasteiger partial charge in [0.25, 0.3) is 11.6 Å². The highest BCUT2D eigenvalue weighted by Gasteiger charge is 2.37. The molecule has 0 bridgehead atoms. The Morgan fingerprint density at radius 1 is 1.61 bits per heavy atom. The molecular weight excluding hydrogens is 256 g/mol. The topological polar surface area (TPSA) is 72.2 Å². The first-order chi connectivity index (χ1) is 8.54. The van der Waals surface area contributed by atoms with Crippen molar-refractivity contribution in [3.63, 3.8) is 0 Å². The van der Waals surface area contributed by atoms with Gasteiger partial charge in [0.2, 0.25) is 0 Å². The summed E-state index contributed by atoms with van der Waals surface area (Å²) < 4.78 is 0. The first-order valence-electron chi connectivity index (χ1n) is 5.78. The third-order valence-corrected chi connectivity index (χ3v) is 3.58. The Bertz CT molecular complexity index is 504. The summed E-state index contributed by atoms with van der Waals surface area (Å²) in [5.41, 5.74) is -0.0835. The second-order valence-electron chi connectivity index (χ2n) is 4.38. The van der Waals surface area contributed by atoms with Crippen LogP contribution in [0, 0.1) is 16.0 Å². The minimum absolute atomic E-state index is 0.103. The number of amides is 1. The fourth-order valence-corrected chi connectivity index (χ4v) is 2.24. The molecular formula is C12H13ClN2O3. The van der Waals surface area contributed by atoms with E-state index in [9.17, 15) is 14.9 Å². The van der Waals surface area contributed by atoms with E-state index >= 15 is 0 Å². The molecule has 0 heterocycles. The first kappa shape index (κ1) is 12.8. The monoisotopic (exact) mass is 268 g/mol. The van der Waals surface area contributed by atoms with Gasteiger partial charge in [-0.1, -0.05) is 31.0 Å². The minimum atomic E-state index is -0.592. The van der Waals surface area contributed by atoms with Gasteiger partial charge in [0, 0.05) is 12.1 Å². The van der Waals surface area contributed by atoms with Crippen LogP contribution in [0.5, 0.6) is 0 Å². The van der Waals surface area contributed by atoms with E-state index in [1.165, 1.54) is 18.2 Å². The van der Waals surface area contributed by atoms with Gasteiger partial charge in [0.15, 0.2) is 0 Å². The molecule has 2 rings (SSSR count). The number of hydrogen-bond donors (Lipinski definition) is 1. The van der Waals surface area contributed by atoms with Crippen molar-refractivity contribution >= 4 is 23.2 Å². The number of hydrogen-bond acceptors (Lipinski definition) is 3. The van der Waals surface area contributed by atoms with Crippen LogP contribution in [0.1, 0.15) is 30.1 Å². The molecule has 2 unspecified atom stereocenters. The van der Waals surface area contributed by atoms with E-state index in [1.54, 1.807) is 0 Å². The van der Waals surface area contributed by atoms with E-state index in [4.69, 9.17) is 11.6 Å². The molecule has 1 N–H and O–H groups in total. The molecule has 1 saturated carbocycles. The highest BCUT2D eigenvalue weighted by Crippen LogP contribution is 2.34. The molecule has 1 aliphatic rings. The maximum Gasteiger partial charge on any atom is 0.288 e. The lowest BCUT2D eigenvalue weighted by Gasteiger charge is -2.06. The molecule has 0 radical (unpaired) electrons. The number of nitro benzene ring substituents is 1. The number of halogens is 1.